The van der Waals surface area contributed by atoms with Gasteiger partial charge in [0.2, 0.25) is 0 Å². The van der Waals surface area contributed by atoms with Gasteiger partial charge in [-0.2, -0.15) is 0 Å². The average molecular weight is 140 g/mol. The number of allylic oxidation sites excluding steroid dienone is 1. The minimum atomic E-state index is -0.568. The molecule has 10 heavy (non-hydrogen) atoms. The van der Waals surface area contributed by atoms with E-state index in [1.54, 1.807) is 6.26 Å². The molecule has 1 aliphatic heterocycles. The molecule has 1 rings (SSSR count). The Morgan fingerprint density at radius 2 is 2.50 bits per heavy atom. The summed E-state index contributed by atoms with van der Waals surface area (Å²) in [6, 6.07) is 0. The highest BCUT2D eigenvalue weighted by molar-refractivity contribution is 6.08. The molecule has 0 fully saturated rings. The number of aliphatic hydroxyl groups excluding tert-OH is 1. The first-order valence-electron chi connectivity index (χ1n) is 3.83. The van der Waals surface area contributed by atoms with Crippen LogP contribution in [0.25, 0.3) is 0 Å². The Morgan fingerprint density at radius 3 is 3.10 bits per heavy atom. The molecule has 3 heteroatoms. The fourth-order valence-electron chi connectivity index (χ4n) is 1.23. The van der Waals surface area contributed by atoms with Crippen LogP contribution in [0.4, 0.5) is 0 Å². The van der Waals surface area contributed by atoms with Crippen LogP contribution >= 0.6 is 0 Å². The summed E-state index contributed by atoms with van der Waals surface area (Å²) in [5.41, 5.74) is 0. The fraction of sp³-hybridized carbons (Fsp3) is 0.714. The van der Waals surface area contributed by atoms with Crippen molar-refractivity contribution in [1.29, 1.82) is 0 Å². The fourth-order valence-corrected chi connectivity index (χ4v) is 1.23. The van der Waals surface area contributed by atoms with Crippen molar-refractivity contribution in [2.75, 3.05) is 0 Å². The van der Waals surface area contributed by atoms with Crippen LogP contribution in [0.5, 0.6) is 0 Å². The largest absolute Gasteiger partial charge is 0.473 e. The van der Waals surface area contributed by atoms with Crippen LogP contribution in [0.3, 0.4) is 0 Å². The summed E-state index contributed by atoms with van der Waals surface area (Å²) >= 11 is 0. The van der Waals surface area contributed by atoms with Crippen molar-refractivity contribution in [2.45, 2.75) is 25.5 Å². The van der Waals surface area contributed by atoms with E-state index in [0.717, 1.165) is 12.8 Å². The van der Waals surface area contributed by atoms with Crippen LogP contribution in [0.1, 0.15) is 12.8 Å². The summed E-state index contributed by atoms with van der Waals surface area (Å²) in [4.78, 5) is 0. The minimum absolute atomic E-state index is 0.522. The summed E-state index contributed by atoms with van der Waals surface area (Å²) in [5.74, 6) is 0.522. The predicted octanol–water partition coefficient (Wildman–Crippen LogP) is 0.296. The monoisotopic (exact) mass is 140 g/mol. The van der Waals surface area contributed by atoms with Crippen molar-refractivity contribution in [1.82, 2.24) is 0 Å². The molecule has 0 aromatic rings. The topological polar surface area (TPSA) is 29.5 Å². The molecule has 2 nitrogen and oxygen atoms in total. The second-order valence-electron chi connectivity index (χ2n) is 2.70. The first-order chi connectivity index (χ1) is 4.83. The molecule has 0 bridgehead atoms. The van der Waals surface area contributed by atoms with E-state index < -0.39 is 6.29 Å². The molecule has 2 atom stereocenters. The molecular weight excluding hydrogens is 127 g/mol. The van der Waals surface area contributed by atoms with E-state index in [1.165, 1.54) is 6.32 Å². The van der Waals surface area contributed by atoms with Crippen molar-refractivity contribution in [2.24, 2.45) is 5.92 Å². The second-order valence-corrected chi connectivity index (χ2v) is 2.70. The molecule has 2 unspecified atom stereocenters. The number of ether oxygens (including phenoxy) is 1. The van der Waals surface area contributed by atoms with E-state index in [0.29, 0.717) is 5.92 Å². The number of hydrogen-bond acceptors (Lipinski definition) is 2. The first kappa shape index (κ1) is 7.67. The molecular formula is C7H13BO2. The van der Waals surface area contributed by atoms with E-state index in [2.05, 4.69) is 7.85 Å². The zero-order chi connectivity index (χ0) is 7.40. The Balaban J connectivity index is 2.32. The Morgan fingerprint density at radius 1 is 1.70 bits per heavy atom. The molecule has 0 amide bonds. The van der Waals surface area contributed by atoms with Gasteiger partial charge in [0.05, 0.1) is 6.26 Å². The number of hydrogen-bond donors (Lipinski definition) is 1. The summed E-state index contributed by atoms with van der Waals surface area (Å²) in [5, 5.41) is 9.03. The van der Waals surface area contributed by atoms with Crippen LogP contribution in [-0.2, 0) is 4.74 Å². The van der Waals surface area contributed by atoms with E-state index >= 15 is 0 Å². The van der Waals surface area contributed by atoms with E-state index in [4.69, 9.17) is 9.84 Å². The smallest absolute Gasteiger partial charge is 0.197 e. The van der Waals surface area contributed by atoms with Gasteiger partial charge >= 0.3 is 0 Å². The third kappa shape index (κ3) is 2.07. The third-order valence-corrected chi connectivity index (χ3v) is 1.75. The van der Waals surface area contributed by atoms with Crippen molar-refractivity contribution in [3.8, 4) is 0 Å². The zero-order valence-corrected chi connectivity index (χ0v) is 6.29. The lowest BCUT2D eigenvalue weighted by atomic mass is 9.90. The molecule has 0 aromatic heterocycles. The Labute approximate surface area is 62.3 Å². The van der Waals surface area contributed by atoms with Crippen LogP contribution in [0.2, 0.25) is 6.32 Å². The van der Waals surface area contributed by atoms with Crippen molar-refractivity contribution in [3.05, 3.63) is 12.3 Å². The normalized spacial score (nSPS) is 31.7. The van der Waals surface area contributed by atoms with Crippen LogP contribution in [0.15, 0.2) is 12.3 Å². The van der Waals surface area contributed by atoms with Gasteiger partial charge in [0, 0.05) is 6.42 Å². The lowest BCUT2D eigenvalue weighted by Crippen LogP contribution is -2.17. The molecule has 1 N–H and O–H groups in total. The Hall–Kier alpha value is -0.435. The number of rotatable bonds is 2. The maximum Gasteiger partial charge on any atom is 0.197 e. The summed E-state index contributed by atoms with van der Waals surface area (Å²) in [7, 11) is 2.15. The summed E-state index contributed by atoms with van der Waals surface area (Å²) < 4.78 is 4.83. The zero-order valence-electron chi connectivity index (χ0n) is 6.29. The molecule has 0 aliphatic carbocycles. The van der Waals surface area contributed by atoms with Crippen molar-refractivity contribution >= 4 is 7.85 Å². The lowest BCUT2D eigenvalue weighted by Gasteiger charge is -2.20. The molecule has 0 saturated carbocycles. The summed E-state index contributed by atoms with van der Waals surface area (Å²) in [6.07, 6.45) is 6.13. The van der Waals surface area contributed by atoms with Gasteiger partial charge in [-0.3, -0.25) is 0 Å². The molecule has 0 radical (unpaired) electrons. The van der Waals surface area contributed by atoms with Gasteiger partial charge < -0.3 is 9.84 Å². The molecule has 0 saturated heterocycles. The Kier molecular flexibility index (Phi) is 2.81. The van der Waals surface area contributed by atoms with Crippen LogP contribution in [-0.4, -0.2) is 19.2 Å². The van der Waals surface area contributed by atoms with E-state index in [1.807, 2.05) is 6.08 Å². The standard InChI is InChI=1S/C7H13BO2/c8-3-1-6-2-4-10-7(9)5-6/h2,4,6-7,9H,1,3,5,8H2. The average Bonchev–Trinajstić information content (AvgIpc) is 1.88. The molecule has 56 valence electrons. The highest BCUT2D eigenvalue weighted by Gasteiger charge is 2.14. The summed E-state index contributed by atoms with van der Waals surface area (Å²) in [6.45, 7) is 0. The highest BCUT2D eigenvalue weighted by Crippen LogP contribution is 2.19. The van der Waals surface area contributed by atoms with Gasteiger partial charge in [-0.25, -0.2) is 0 Å². The second kappa shape index (κ2) is 3.66. The van der Waals surface area contributed by atoms with E-state index in [-0.39, 0.29) is 0 Å². The van der Waals surface area contributed by atoms with Gasteiger partial charge in [-0.1, -0.05) is 12.7 Å². The molecule has 1 aliphatic rings. The quantitative estimate of drug-likeness (QED) is 0.558. The van der Waals surface area contributed by atoms with Gasteiger partial charge in [-0.15, -0.1) is 0 Å². The van der Waals surface area contributed by atoms with Crippen molar-refractivity contribution in [3.63, 3.8) is 0 Å². The first-order valence-corrected chi connectivity index (χ1v) is 3.83. The predicted molar refractivity (Wildman–Crippen MR) is 42.3 cm³/mol. The van der Waals surface area contributed by atoms with Gasteiger partial charge in [-0.05, 0) is 12.0 Å². The van der Waals surface area contributed by atoms with Crippen LogP contribution in [0, 0.1) is 5.92 Å². The van der Waals surface area contributed by atoms with Gasteiger partial charge in [0.15, 0.2) is 6.29 Å². The van der Waals surface area contributed by atoms with Crippen LogP contribution < -0.4 is 0 Å². The Bertz CT molecular complexity index is 125. The lowest BCUT2D eigenvalue weighted by molar-refractivity contribution is -0.0724. The molecule has 1 heterocycles. The minimum Gasteiger partial charge on any atom is -0.473 e. The maximum absolute atomic E-state index is 9.03. The van der Waals surface area contributed by atoms with Gasteiger partial charge in [0.1, 0.15) is 7.85 Å². The molecule has 0 spiro atoms. The molecule has 0 aromatic carbocycles. The number of aliphatic hydroxyl groups is 1. The van der Waals surface area contributed by atoms with Gasteiger partial charge in [0.25, 0.3) is 0 Å². The van der Waals surface area contributed by atoms with E-state index in [9.17, 15) is 0 Å². The van der Waals surface area contributed by atoms with Crippen molar-refractivity contribution < 1.29 is 9.84 Å². The third-order valence-electron chi connectivity index (χ3n) is 1.75. The maximum atomic E-state index is 9.03. The highest BCUT2D eigenvalue weighted by atomic mass is 16.6. The SMILES string of the molecule is BCCC1C=COC(O)C1.